The minimum atomic E-state index is -2.04. The summed E-state index contributed by atoms with van der Waals surface area (Å²) in [4.78, 5) is 42.6. The molecular weight excluding hydrogens is 1040 g/mol. The zero-order chi connectivity index (χ0) is 59.2. The number of anilines is 1. The van der Waals surface area contributed by atoms with Gasteiger partial charge in [0, 0.05) is 87.3 Å². The summed E-state index contributed by atoms with van der Waals surface area (Å²) in [5.41, 5.74) is 0.272. The molecule has 0 aromatic heterocycles. The van der Waals surface area contributed by atoms with Gasteiger partial charge in [-0.3, -0.25) is 19.4 Å². The first-order valence-electron chi connectivity index (χ1n) is 26.3. The number of nitrogens with one attached hydrogen (secondary N) is 1. The van der Waals surface area contributed by atoms with Gasteiger partial charge in [0.2, 0.25) is 6.29 Å². The van der Waals surface area contributed by atoms with Crippen molar-refractivity contribution in [1.82, 2.24) is 9.91 Å². The van der Waals surface area contributed by atoms with Gasteiger partial charge < -0.3 is 84.6 Å². The molecule has 3 aromatic carbocycles. The van der Waals surface area contributed by atoms with Crippen LogP contribution in [0.15, 0.2) is 59.4 Å². The van der Waals surface area contributed by atoms with E-state index in [1.54, 1.807) is 50.9 Å². The number of methoxy groups -OCH3 is 1. The maximum absolute atomic E-state index is 14.4. The highest BCUT2D eigenvalue weighted by molar-refractivity contribution is 6.23. The first-order valence-corrected chi connectivity index (χ1v) is 26.3. The van der Waals surface area contributed by atoms with Crippen LogP contribution < -0.4 is 14.8 Å². The Balaban J connectivity index is 0.000000410. The predicted molar refractivity (Wildman–Crippen MR) is 291 cm³/mol. The number of ketones is 1. The summed E-state index contributed by atoms with van der Waals surface area (Å²) in [5, 5.41) is 114. The number of fused-ring (bicyclic) bond motifs is 14. The van der Waals surface area contributed by atoms with Crippen molar-refractivity contribution >= 4 is 40.3 Å². The lowest BCUT2D eigenvalue weighted by molar-refractivity contribution is -0.268. The number of allylic oxidation sites excluding steroid dienone is 2. The van der Waals surface area contributed by atoms with E-state index in [2.05, 4.69) is 15.3 Å². The molecule has 1 amide bonds. The highest BCUT2D eigenvalue weighted by atomic mass is 16.7. The van der Waals surface area contributed by atoms with Gasteiger partial charge in [-0.05, 0) is 51.6 Å². The van der Waals surface area contributed by atoms with Crippen molar-refractivity contribution in [1.29, 1.82) is 5.26 Å². The number of aliphatic hydroxyl groups is 5. The molecule has 0 saturated carbocycles. The number of carbonyl (C=O) groups is 3. The number of aromatic hydroxyl groups is 4. The van der Waals surface area contributed by atoms with Gasteiger partial charge in [-0.15, -0.1) is 0 Å². The minimum absolute atomic E-state index is 0.0523. The molecule has 0 radical (unpaired) electrons. The van der Waals surface area contributed by atoms with Crippen molar-refractivity contribution in [2.24, 2.45) is 28.8 Å². The first kappa shape index (κ1) is 62.2. The molecule has 5 aliphatic heterocycles. The third kappa shape index (κ3) is 13.3. The van der Waals surface area contributed by atoms with Crippen LogP contribution in [0.1, 0.15) is 82.4 Å². The molecule has 2 saturated heterocycles. The van der Waals surface area contributed by atoms with Gasteiger partial charge in [-0.25, -0.2) is 0 Å². The van der Waals surface area contributed by atoms with E-state index in [0.717, 1.165) is 13.1 Å². The molecular formula is C57H75N5O18. The number of aliphatic hydroxyl groups excluding tert-OH is 5. The number of likely N-dealkylation sites (N-methyl/N-ethyl adjacent to an activating group) is 1. The van der Waals surface area contributed by atoms with Crippen LogP contribution >= 0.6 is 0 Å². The normalized spacial score (nSPS) is 32.2. The van der Waals surface area contributed by atoms with Gasteiger partial charge in [0.15, 0.2) is 17.2 Å². The van der Waals surface area contributed by atoms with Crippen LogP contribution in [-0.2, 0) is 35.0 Å². The van der Waals surface area contributed by atoms with Crippen LogP contribution in [0.4, 0.5) is 5.69 Å². The standard InChI is InChI=1S/C43H58N4O12.C14H17NO6/c1-21-12-11-13-22(2)42(55)45-33-28(20-44-47-17-15-46(9)16-18-47)37(52)30-31(38(33)53)36(51)26(6)40-32(30)41(54)43(8,59-40)57-19-14-29(56-10)23(3)39(58-27(7)48)25(5)35(50)24(4)34(21)49;1-7-11(17)12(18)13(19)14(20-7)21-10-3-2-8(4-5-15)6-9(10)16/h11-14,19-21,23-25,29,34-35,39,49-53H,15-18H2,1-10H3,(H,45,55);2-3,6-7,11-14,16-19H,4H2,1H3/b12-11+,19-14+,22-13-,44-20+;/t21-,23+,24+,25+,29-,34-,35+,39+,43-;7-,11-,12+,13-,14-/m01/s1. The number of carbonyl (C=O) groups excluding carboxylic acids is 3. The van der Waals surface area contributed by atoms with Crippen LogP contribution in [0, 0.1) is 41.9 Å². The fraction of sp³-hybridized carbons (Fsp3) is 0.526. The lowest BCUT2D eigenvalue weighted by Crippen LogP contribution is -2.58. The summed E-state index contributed by atoms with van der Waals surface area (Å²) < 4.78 is 34.2. The average Bonchev–Trinajstić information content (AvgIpc) is 3.81. The van der Waals surface area contributed by atoms with Gasteiger partial charge in [0.05, 0.1) is 71.6 Å². The van der Waals surface area contributed by atoms with Crippen molar-refractivity contribution in [2.75, 3.05) is 45.7 Å². The largest absolute Gasteiger partial charge is 0.507 e. The molecule has 14 atom stereocenters. The Morgan fingerprint density at radius 3 is 2.19 bits per heavy atom. The van der Waals surface area contributed by atoms with E-state index in [-0.39, 0.29) is 62.4 Å². The van der Waals surface area contributed by atoms with Gasteiger partial charge in [0.1, 0.15) is 41.7 Å². The lowest BCUT2D eigenvalue weighted by atomic mass is 9.78. The lowest BCUT2D eigenvalue weighted by Gasteiger charge is -2.38. The molecule has 23 nitrogen and oxygen atoms in total. The number of hydrazone groups is 1. The quantitative estimate of drug-likeness (QED) is 0.0692. The number of amides is 1. The Hall–Kier alpha value is -7.01. The Morgan fingerprint density at radius 1 is 0.887 bits per heavy atom. The third-order valence-electron chi connectivity index (χ3n) is 15.2. The van der Waals surface area contributed by atoms with E-state index >= 15 is 0 Å². The number of nitriles is 1. The van der Waals surface area contributed by atoms with Crippen molar-refractivity contribution in [3.63, 3.8) is 0 Å². The Morgan fingerprint density at radius 2 is 1.56 bits per heavy atom. The summed E-state index contributed by atoms with van der Waals surface area (Å²) in [6, 6.07) is 6.38. The highest BCUT2D eigenvalue weighted by Crippen LogP contribution is 2.55. The van der Waals surface area contributed by atoms with Crippen molar-refractivity contribution < 1.29 is 88.8 Å². The maximum Gasteiger partial charge on any atom is 0.312 e. The number of nitrogens with zero attached hydrogens (tertiary/aromatic N) is 4. The van der Waals surface area contributed by atoms with E-state index in [1.165, 1.54) is 78.5 Å². The number of rotatable bonds is 7. The van der Waals surface area contributed by atoms with Gasteiger partial charge in [-0.1, -0.05) is 52.0 Å². The fourth-order valence-electron chi connectivity index (χ4n) is 10.0. The molecule has 2 fully saturated rings. The molecule has 0 aliphatic carbocycles. The zero-order valence-corrected chi connectivity index (χ0v) is 46.7. The maximum atomic E-state index is 14.4. The second-order valence-corrected chi connectivity index (χ2v) is 21.1. The molecule has 10 N–H and O–H groups in total. The number of hydrogen-bond donors (Lipinski definition) is 10. The van der Waals surface area contributed by atoms with Crippen LogP contribution in [0.2, 0.25) is 0 Å². The molecule has 3 aromatic rings. The Kier molecular flexibility index (Phi) is 20.3. The minimum Gasteiger partial charge on any atom is -0.507 e. The zero-order valence-electron chi connectivity index (χ0n) is 46.7. The van der Waals surface area contributed by atoms with E-state index in [1.807, 2.05) is 13.1 Å². The highest BCUT2D eigenvalue weighted by Gasteiger charge is 2.50. The number of phenols is 4. The number of esters is 1. The summed E-state index contributed by atoms with van der Waals surface area (Å²) >= 11 is 0. The molecule has 80 heavy (non-hydrogen) atoms. The molecule has 5 aliphatic rings. The molecule has 5 heterocycles. The van der Waals surface area contributed by atoms with Crippen molar-refractivity contribution in [3.8, 4) is 40.6 Å². The molecule has 0 unspecified atom stereocenters. The molecule has 436 valence electrons. The Bertz CT molecular complexity index is 2930. The van der Waals surface area contributed by atoms with Crippen LogP contribution in [0.5, 0.6) is 34.5 Å². The summed E-state index contributed by atoms with van der Waals surface area (Å²) in [6.07, 6.45) is -1.00. The fourth-order valence-corrected chi connectivity index (χ4v) is 10.0. The average molecular weight is 1120 g/mol. The summed E-state index contributed by atoms with van der Waals surface area (Å²) in [5.74, 6) is -8.49. The Labute approximate surface area is 464 Å². The van der Waals surface area contributed by atoms with Crippen LogP contribution in [0.3, 0.4) is 0 Å². The van der Waals surface area contributed by atoms with Crippen LogP contribution in [0.25, 0.3) is 10.8 Å². The summed E-state index contributed by atoms with van der Waals surface area (Å²) in [6.45, 7) is 16.6. The molecule has 23 heteroatoms. The van der Waals surface area contributed by atoms with Gasteiger partial charge in [-0.2, -0.15) is 10.4 Å². The van der Waals surface area contributed by atoms with E-state index in [0.29, 0.717) is 18.7 Å². The number of hydrogen-bond acceptors (Lipinski definition) is 22. The second-order valence-electron chi connectivity index (χ2n) is 21.1. The van der Waals surface area contributed by atoms with E-state index in [4.69, 9.17) is 33.7 Å². The SMILES string of the molecule is CO[C@H]1/C=C/O[C@@]2(C)Oc3c(C)c(O)c4c(O)c(c(/C=N/N5CCN(C)CC5)c(O)c4c3C2=O)NC(=O)/C(C)=C\C=C\[C@H](C)[C@H](O)[C@@H](C)[C@@H](O)[C@@H](C)[C@H](OC(C)=O)[C@@H]1C.C[C@H]1O[C@H](Oc2ccc(CC#N)cc2O)[C@H](O)[C@@H](O)[C@@H]1O. The van der Waals surface area contributed by atoms with Crippen molar-refractivity contribution in [2.45, 2.75) is 130 Å². The first-order chi connectivity index (χ1) is 37.7. The number of piperazine rings is 1. The topological polar surface area (TPSA) is 343 Å². The summed E-state index contributed by atoms with van der Waals surface area (Å²) in [7, 11) is 3.42. The van der Waals surface area contributed by atoms with Gasteiger partial charge in [0.25, 0.3) is 11.7 Å². The van der Waals surface area contributed by atoms with E-state index in [9.17, 15) is 60.3 Å². The molecule has 5 bridgehead atoms. The number of benzene rings is 3. The van der Waals surface area contributed by atoms with Crippen LogP contribution in [-0.4, -0.2) is 181 Å². The smallest absolute Gasteiger partial charge is 0.312 e. The second kappa shape index (κ2) is 26.1. The molecule has 8 rings (SSSR count). The molecule has 0 spiro atoms. The van der Waals surface area contributed by atoms with E-state index < -0.39 is 119 Å². The number of ether oxygens (including phenoxy) is 6. The third-order valence-corrected chi connectivity index (χ3v) is 15.2. The number of Topliss-reactive ketones (excluding diaryl/α,β-unsaturated/α-hetero) is 1. The monoisotopic (exact) mass is 1120 g/mol. The number of phenolic OH excluding ortho intramolecular Hbond substituents is 4. The van der Waals surface area contributed by atoms with Gasteiger partial charge >= 0.3 is 11.8 Å². The predicted octanol–water partition coefficient (Wildman–Crippen LogP) is 4.00. The van der Waals surface area contributed by atoms with Crippen molar-refractivity contribution in [3.05, 3.63) is 76.6 Å².